The van der Waals surface area contributed by atoms with E-state index in [1.54, 1.807) is 0 Å². The molecule has 1 aliphatic rings. The lowest BCUT2D eigenvalue weighted by Gasteiger charge is -2.20. The van der Waals surface area contributed by atoms with E-state index in [4.69, 9.17) is 5.73 Å². The fourth-order valence-electron chi connectivity index (χ4n) is 2.47. The van der Waals surface area contributed by atoms with Crippen LogP contribution in [0.5, 0.6) is 0 Å². The highest BCUT2D eigenvalue weighted by molar-refractivity contribution is 5.41. The maximum Gasteiger partial charge on any atom is 0.0805 e. The van der Waals surface area contributed by atoms with Crippen LogP contribution in [0.25, 0.3) is 0 Å². The zero-order chi connectivity index (χ0) is 12.1. The Kier molecular flexibility index (Phi) is 4.40. The fourth-order valence-corrected chi connectivity index (χ4v) is 2.47. The van der Waals surface area contributed by atoms with Gasteiger partial charge in [-0.2, -0.15) is 0 Å². The molecule has 0 amide bonds. The maximum atomic E-state index is 10.2. The Balaban J connectivity index is 1.93. The van der Waals surface area contributed by atoms with Gasteiger partial charge in [-0.3, -0.25) is 0 Å². The highest BCUT2D eigenvalue weighted by atomic mass is 16.3. The molecule has 1 aromatic rings. The van der Waals surface area contributed by atoms with Gasteiger partial charge in [0.2, 0.25) is 0 Å². The Morgan fingerprint density at radius 1 is 1.35 bits per heavy atom. The average Bonchev–Trinajstić information content (AvgIpc) is 2.57. The molecule has 94 valence electrons. The Hall–Kier alpha value is -1.06. The summed E-state index contributed by atoms with van der Waals surface area (Å²) in [5.74, 6) is 0. The second kappa shape index (κ2) is 6.03. The Morgan fingerprint density at radius 3 is 3.06 bits per heavy atom. The van der Waals surface area contributed by atoms with E-state index in [9.17, 15) is 5.11 Å². The third-order valence-corrected chi connectivity index (χ3v) is 3.47. The summed E-state index contributed by atoms with van der Waals surface area (Å²) in [6, 6.07) is 7.99. The van der Waals surface area contributed by atoms with E-state index in [2.05, 4.69) is 5.32 Å². The maximum absolute atomic E-state index is 10.2. The lowest BCUT2D eigenvalue weighted by atomic mass is 9.99. The molecule has 0 bridgehead atoms. The third-order valence-electron chi connectivity index (χ3n) is 3.47. The van der Waals surface area contributed by atoms with E-state index in [-0.39, 0.29) is 0 Å². The van der Waals surface area contributed by atoms with Crippen molar-refractivity contribution in [3.8, 4) is 0 Å². The van der Waals surface area contributed by atoms with Crippen LogP contribution in [0.1, 0.15) is 43.8 Å². The molecule has 0 aromatic heterocycles. The second-order valence-corrected chi connectivity index (χ2v) is 4.92. The Morgan fingerprint density at radius 2 is 2.24 bits per heavy atom. The highest BCUT2D eigenvalue weighted by Crippen LogP contribution is 2.23. The van der Waals surface area contributed by atoms with E-state index in [1.165, 1.54) is 25.7 Å². The van der Waals surface area contributed by atoms with Crippen molar-refractivity contribution in [1.29, 1.82) is 0 Å². The molecule has 1 heterocycles. The quantitative estimate of drug-likeness (QED) is 0.703. The summed E-state index contributed by atoms with van der Waals surface area (Å²) in [6.07, 6.45) is 5.36. The topological polar surface area (TPSA) is 58.3 Å². The number of nitrogens with two attached hydrogens (primary N) is 1. The average molecular weight is 234 g/mol. The van der Waals surface area contributed by atoms with Gasteiger partial charge in [0.1, 0.15) is 0 Å². The summed E-state index contributed by atoms with van der Waals surface area (Å²) < 4.78 is 0. The lowest BCUT2D eigenvalue weighted by molar-refractivity contribution is 0.150. The predicted molar refractivity (Wildman–Crippen MR) is 70.7 cm³/mol. The number of benzene rings is 1. The molecular formula is C14H22N2O. The van der Waals surface area contributed by atoms with Gasteiger partial charge in [-0.05, 0) is 43.5 Å². The molecule has 1 saturated heterocycles. The molecular weight excluding hydrogens is 212 g/mol. The van der Waals surface area contributed by atoms with Gasteiger partial charge in [-0.15, -0.1) is 0 Å². The number of nitrogens with one attached hydrogen (secondary N) is 1. The minimum atomic E-state index is -0.408. The van der Waals surface area contributed by atoms with E-state index in [1.807, 2.05) is 24.3 Å². The summed E-state index contributed by atoms with van der Waals surface area (Å²) in [6.45, 7) is 1.08. The molecule has 0 aliphatic carbocycles. The van der Waals surface area contributed by atoms with Gasteiger partial charge in [0.15, 0.2) is 0 Å². The number of hydrogen-bond donors (Lipinski definition) is 3. The van der Waals surface area contributed by atoms with Crippen LogP contribution in [-0.4, -0.2) is 17.7 Å². The van der Waals surface area contributed by atoms with E-state index in [0.717, 1.165) is 24.2 Å². The van der Waals surface area contributed by atoms with Gasteiger partial charge in [-0.1, -0.05) is 25.0 Å². The molecule has 4 N–H and O–H groups in total. The normalized spacial score (nSPS) is 23.0. The van der Waals surface area contributed by atoms with Gasteiger partial charge in [-0.25, -0.2) is 0 Å². The smallest absolute Gasteiger partial charge is 0.0805 e. The summed E-state index contributed by atoms with van der Waals surface area (Å²) in [7, 11) is 0. The van der Waals surface area contributed by atoms with Crippen molar-refractivity contribution in [2.24, 2.45) is 0 Å². The number of aliphatic hydroxyl groups excluding tert-OH is 1. The summed E-state index contributed by atoms with van der Waals surface area (Å²) in [5, 5.41) is 13.7. The van der Waals surface area contributed by atoms with Crippen molar-refractivity contribution in [2.45, 2.75) is 44.2 Å². The van der Waals surface area contributed by atoms with Crippen LogP contribution in [-0.2, 0) is 0 Å². The molecule has 1 fully saturated rings. The zero-order valence-corrected chi connectivity index (χ0v) is 10.2. The molecule has 3 nitrogen and oxygen atoms in total. The van der Waals surface area contributed by atoms with Crippen LogP contribution in [0.15, 0.2) is 24.3 Å². The van der Waals surface area contributed by atoms with E-state index < -0.39 is 6.10 Å². The fraction of sp³-hybridized carbons (Fsp3) is 0.571. The van der Waals surface area contributed by atoms with Crippen molar-refractivity contribution in [3.63, 3.8) is 0 Å². The first kappa shape index (κ1) is 12.4. The number of nitrogen functional groups attached to an aromatic ring is 1. The van der Waals surface area contributed by atoms with Crippen LogP contribution in [0, 0.1) is 0 Å². The molecule has 2 atom stereocenters. The van der Waals surface area contributed by atoms with Crippen molar-refractivity contribution < 1.29 is 5.11 Å². The minimum Gasteiger partial charge on any atom is -0.399 e. The number of aliphatic hydroxyl groups is 1. The van der Waals surface area contributed by atoms with Crippen LogP contribution in [0.4, 0.5) is 5.69 Å². The first-order valence-corrected chi connectivity index (χ1v) is 6.52. The van der Waals surface area contributed by atoms with Crippen LogP contribution in [0.2, 0.25) is 0 Å². The SMILES string of the molecule is Nc1cccc(C(O)CC2CCCCCN2)c1. The van der Waals surface area contributed by atoms with Crippen molar-refractivity contribution in [2.75, 3.05) is 12.3 Å². The summed E-state index contributed by atoms with van der Waals surface area (Å²) in [4.78, 5) is 0. The molecule has 1 aromatic carbocycles. The van der Waals surface area contributed by atoms with Crippen LogP contribution < -0.4 is 11.1 Å². The summed E-state index contributed by atoms with van der Waals surface area (Å²) in [5.41, 5.74) is 7.37. The molecule has 2 rings (SSSR count). The lowest BCUT2D eigenvalue weighted by Crippen LogP contribution is -2.29. The third kappa shape index (κ3) is 3.72. The minimum absolute atomic E-state index is 0.408. The van der Waals surface area contributed by atoms with Gasteiger partial charge in [0.05, 0.1) is 6.10 Å². The van der Waals surface area contributed by atoms with Gasteiger partial charge in [0.25, 0.3) is 0 Å². The predicted octanol–water partition coefficient (Wildman–Crippen LogP) is 2.22. The number of hydrogen-bond acceptors (Lipinski definition) is 3. The van der Waals surface area contributed by atoms with Gasteiger partial charge in [0, 0.05) is 11.7 Å². The second-order valence-electron chi connectivity index (χ2n) is 4.92. The van der Waals surface area contributed by atoms with Crippen molar-refractivity contribution in [1.82, 2.24) is 5.32 Å². The summed E-state index contributed by atoms with van der Waals surface area (Å²) >= 11 is 0. The molecule has 0 saturated carbocycles. The van der Waals surface area contributed by atoms with E-state index in [0.29, 0.717) is 6.04 Å². The standard InChI is InChI=1S/C14H22N2O/c15-12-6-4-5-11(9-12)14(17)10-13-7-2-1-3-8-16-13/h4-6,9,13-14,16-17H,1-3,7-8,10,15H2. The first-order valence-electron chi connectivity index (χ1n) is 6.52. The molecule has 1 aliphatic heterocycles. The van der Waals surface area contributed by atoms with Crippen molar-refractivity contribution >= 4 is 5.69 Å². The largest absolute Gasteiger partial charge is 0.399 e. The first-order chi connectivity index (χ1) is 8.25. The molecule has 0 spiro atoms. The molecule has 3 heteroatoms. The Bertz CT molecular complexity index is 346. The van der Waals surface area contributed by atoms with Gasteiger partial charge < -0.3 is 16.2 Å². The van der Waals surface area contributed by atoms with Gasteiger partial charge >= 0.3 is 0 Å². The van der Waals surface area contributed by atoms with Crippen LogP contribution in [0.3, 0.4) is 0 Å². The molecule has 0 radical (unpaired) electrons. The number of anilines is 1. The number of rotatable bonds is 3. The monoisotopic (exact) mass is 234 g/mol. The van der Waals surface area contributed by atoms with Crippen molar-refractivity contribution in [3.05, 3.63) is 29.8 Å². The van der Waals surface area contributed by atoms with Crippen LogP contribution >= 0.6 is 0 Å². The molecule has 2 unspecified atom stereocenters. The molecule has 17 heavy (non-hydrogen) atoms. The zero-order valence-electron chi connectivity index (χ0n) is 10.2. The highest BCUT2D eigenvalue weighted by Gasteiger charge is 2.17. The van der Waals surface area contributed by atoms with E-state index >= 15 is 0 Å². The Labute approximate surface area is 103 Å².